The molecule has 1 aromatic heterocycles. The van der Waals surface area contributed by atoms with Crippen LogP contribution in [-0.4, -0.2) is 66.7 Å². The number of aromatic nitrogens is 2. The first-order valence-electron chi connectivity index (χ1n) is 6.52. The zero-order chi connectivity index (χ0) is 14.3. The van der Waals surface area contributed by atoms with Gasteiger partial charge in [-0.2, -0.15) is 0 Å². The largest absolute Gasteiger partial charge is 0.369 e. The van der Waals surface area contributed by atoms with E-state index in [2.05, 4.69) is 20.4 Å². The molecule has 106 valence electrons. The van der Waals surface area contributed by atoms with E-state index in [1.807, 2.05) is 21.0 Å². The van der Waals surface area contributed by atoms with E-state index in [-0.39, 0.29) is 5.91 Å². The van der Waals surface area contributed by atoms with Crippen molar-refractivity contribution >= 4 is 11.7 Å². The average Bonchev–Trinajstić information content (AvgIpc) is 2.38. The third-order valence-electron chi connectivity index (χ3n) is 2.69. The second-order valence-electron chi connectivity index (χ2n) is 4.72. The molecule has 0 saturated heterocycles. The summed E-state index contributed by atoms with van der Waals surface area (Å²) in [6, 6.07) is 3.48. The number of carbonyl (C=O) groups is 1. The highest BCUT2D eigenvalue weighted by Gasteiger charge is 2.13. The van der Waals surface area contributed by atoms with E-state index >= 15 is 0 Å². The molecule has 1 amide bonds. The van der Waals surface area contributed by atoms with Crippen molar-refractivity contribution in [1.82, 2.24) is 20.0 Å². The number of rotatable bonds is 7. The quantitative estimate of drug-likeness (QED) is 0.795. The van der Waals surface area contributed by atoms with Crippen LogP contribution < -0.4 is 5.32 Å². The number of hydrogen-bond acceptors (Lipinski definition) is 5. The smallest absolute Gasteiger partial charge is 0.274 e. The molecule has 6 nitrogen and oxygen atoms in total. The Hall–Kier alpha value is -1.69. The highest BCUT2D eigenvalue weighted by atomic mass is 16.2. The Morgan fingerprint density at radius 3 is 2.47 bits per heavy atom. The van der Waals surface area contributed by atoms with Crippen LogP contribution in [0.2, 0.25) is 0 Å². The van der Waals surface area contributed by atoms with Gasteiger partial charge in [0.05, 0.1) is 0 Å². The van der Waals surface area contributed by atoms with Gasteiger partial charge in [-0.05, 0) is 46.1 Å². The molecule has 0 unspecified atom stereocenters. The van der Waals surface area contributed by atoms with Gasteiger partial charge in [-0.25, -0.2) is 0 Å². The van der Waals surface area contributed by atoms with Crippen molar-refractivity contribution in [3.63, 3.8) is 0 Å². The fourth-order valence-electron chi connectivity index (χ4n) is 1.64. The second-order valence-corrected chi connectivity index (χ2v) is 4.72. The summed E-state index contributed by atoms with van der Waals surface area (Å²) in [5.74, 6) is 0.601. The molecule has 0 aliphatic rings. The van der Waals surface area contributed by atoms with E-state index in [4.69, 9.17) is 0 Å². The molecule has 0 bridgehead atoms. The van der Waals surface area contributed by atoms with E-state index in [0.717, 1.165) is 19.5 Å². The molecule has 0 atom stereocenters. The number of nitrogens with zero attached hydrogens (tertiary/aromatic N) is 4. The molecule has 1 aromatic rings. The number of carbonyl (C=O) groups excluding carboxylic acids is 1. The Morgan fingerprint density at radius 2 is 1.95 bits per heavy atom. The number of hydrogen-bond donors (Lipinski definition) is 1. The molecule has 1 N–H and O–H groups in total. The molecule has 1 rings (SSSR count). The third-order valence-corrected chi connectivity index (χ3v) is 2.69. The van der Waals surface area contributed by atoms with E-state index in [0.29, 0.717) is 18.1 Å². The van der Waals surface area contributed by atoms with Crippen molar-refractivity contribution in [2.45, 2.75) is 13.3 Å². The molecule has 0 radical (unpaired) electrons. The van der Waals surface area contributed by atoms with Crippen LogP contribution >= 0.6 is 0 Å². The molecule has 0 aliphatic heterocycles. The lowest BCUT2D eigenvalue weighted by Crippen LogP contribution is -2.30. The summed E-state index contributed by atoms with van der Waals surface area (Å²) >= 11 is 0. The van der Waals surface area contributed by atoms with E-state index in [9.17, 15) is 4.79 Å². The fourth-order valence-corrected chi connectivity index (χ4v) is 1.64. The molecule has 6 heteroatoms. The summed E-state index contributed by atoms with van der Waals surface area (Å²) in [6.07, 6.45) is 0.943. The van der Waals surface area contributed by atoms with Gasteiger partial charge in [-0.15, -0.1) is 10.2 Å². The average molecular weight is 265 g/mol. The van der Waals surface area contributed by atoms with Crippen LogP contribution in [0.15, 0.2) is 12.1 Å². The SMILES string of the molecule is CCNc1ccc(C(=O)N(C)CCCN(C)C)nn1. The Kier molecular flexibility index (Phi) is 6.21. The van der Waals surface area contributed by atoms with Crippen LogP contribution in [0.3, 0.4) is 0 Å². The van der Waals surface area contributed by atoms with Crippen molar-refractivity contribution in [3.05, 3.63) is 17.8 Å². The van der Waals surface area contributed by atoms with Gasteiger partial charge in [0.15, 0.2) is 5.69 Å². The highest BCUT2D eigenvalue weighted by Crippen LogP contribution is 2.04. The van der Waals surface area contributed by atoms with Crippen molar-refractivity contribution in [1.29, 1.82) is 0 Å². The Balaban J connectivity index is 2.51. The molecule has 1 heterocycles. The lowest BCUT2D eigenvalue weighted by Gasteiger charge is -2.18. The zero-order valence-electron chi connectivity index (χ0n) is 12.2. The fraction of sp³-hybridized carbons (Fsp3) is 0.615. The molecule has 0 spiro atoms. The molecule has 0 fully saturated rings. The van der Waals surface area contributed by atoms with Crippen molar-refractivity contribution < 1.29 is 4.79 Å². The van der Waals surface area contributed by atoms with Gasteiger partial charge in [0, 0.05) is 20.1 Å². The summed E-state index contributed by atoms with van der Waals surface area (Å²) in [6.45, 7) is 4.45. The first-order chi connectivity index (χ1) is 9.04. The lowest BCUT2D eigenvalue weighted by atomic mass is 10.3. The molecule has 0 aliphatic carbocycles. The van der Waals surface area contributed by atoms with Crippen LogP contribution in [0.4, 0.5) is 5.82 Å². The maximum atomic E-state index is 12.1. The molecule has 19 heavy (non-hydrogen) atoms. The number of anilines is 1. The second kappa shape index (κ2) is 7.68. The van der Waals surface area contributed by atoms with Crippen LogP contribution in [-0.2, 0) is 0 Å². The number of nitrogens with one attached hydrogen (secondary N) is 1. The predicted octanol–water partition coefficient (Wildman–Crippen LogP) is 0.932. The maximum absolute atomic E-state index is 12.1. The van der Waals surface area contributed by atoms with Crippen molar-refractivity contribution in [3.8, 4) is 0 Å². The molecule has 0 aromatic carbocycles. The topological polar surface area (TPSA) is 61.4 Å². The minimum Gasteiger partial charge on any atom is -0.369 e. The third kappa shape index (κ3) is 5.21. The Morgan fingerprint density at radius 1 is 1.21 bits per heavy atom. The van der Waals surface area contributed by atoms with Crippen LogP contribution in [0.1, 0.15) is 23.8 Å². The first-order valence-corrected chi connectivity index (χ1v) is 6.52. The summed E-state index contributed by atoms with van der Waals surface area (Å²) in [4.78, 5) is 15.9. The summed E-state index contributed by atoms with van der Waals surface area (Å²) < 4.78 is 0. The first kappa shape index (κ1) is 15.4. The minimum absolute atomic E-state index is 0.0886. The van der Waals surface area contributed by atoms with Gasteiger partial charge in [-0.3, -0.25) is 4.79 Å². The lowest BCUT2D eigenvalue weighted by molar-refractivity contribution is 0.0784. The molecular formula is C13H23N5O. The van der Waals surface area contributed by atoms with E-state index < -0.39 is 0 Å². The van der Waals surface area contributed by atoms with E-state index in [1.54, 1.807) is 24.1 Å². The van der Waals surface area contributed by atoms with Gasteiger partial charge in [0.2, 0.25) is 0 Å². The van der Waals surface area contributed by atoms with Gasteiger partial charge >= 0.3 is 0 Å². The van der Waals surface area contributed by atoms with Crippen molar-refractivity contribution in [2.24, 2.45) is 0 Å². The van der Waals surface area contributed by atoms with E-state index in [1.165, 1.54) is 0 Å². The van der Waals surface area contributed by atoms with Crippen molar-refractivity contribution in [2.75, 3.05) is 46.1 Å². The highest BCUT2D eigenvalue weighted by molar-refractivity contribution is 5.92. The predicted molar refractivity (Wildman–Crippen MR) is 76.3 cm³/mol. The monoisotopic (exact) mass is 265 g/mol. The molecule has 0 saturated carbocycles. The van der Waals surface area contributed by atoms with Gasteiger partial charge < -0.3 is 15.1 Å². The summed E-state index contributed by atoms with van der Waals surface area (Å²) in [5, 5.41) is 11.0. The Bertz CT molecular complexity index is 391. The van der Waals surface area contributed by atoms with Crippen LogP contribution in [0.25, 0.3) is 0 Å². The minimum atomic E-state index is -0.0886. The van der Waals surface area contributed by atoms with Gasteiger partial charge in [-0.1, -0.05) is 0 Å². The van der Waals surface area contributed by atoms with Gasteiger partial charge in [0.1, 0.15) is 5.82 Å². The summed E-state index contributed by atoms with van der Waals surface area (Å²) in [7, 11) is 5.83. The normalized spacial score (nSPS) is 10.6. The van der Waals surface area contributed by atoms with Crippen LogP contribution in [0.5, 0.6) is 0 Å². The zero-order valence-corrected chi connectivity index (χ0v) is 12.2. The van der Waals surface area contributed by atoms with Gasteiger partial charge in [0.25, 0.3) is 5.91 Å². The van der Waals surface area contributed by atoms with Crippen LogP contribution in [0, 0.1) is 0 Å². The number of amides is 1. The Labute approximate surface area is 114 Å². The summed E-state index contributed by atoms with van der Waals surface area (Å²) in [5.41, 5.74) is 0.383. The standard InChI is InChI=1S/C13H23N5O/c1-5-14-12-8-7-11(15-16-12)13(19)18(4)10-6-9-17(2)3/h7-8H,5-6,9-10H2,1-4H3,(H,14,16). The maximum Gasteiger partial charge on any atom is 0.274 e. The molecular weight excluding hydrogens is 242 g/mol.